The summed E-state index contributed by atoms with van der Waals surface area (Å²) in [5.74, 6) is 2.65. The van der Waals surface area contributed by atoms with Crippen molar-refractivity contribution in [2.24, 2.45) is 10.8 Å². The van der Waals surface area contributed by atoms with Gasteiger partial charge in [-0.25, -0.2) is 0 Å². The van der Waals surface area contributed by atoms with Crippen LogP contribution in [0.2, 0.25) is 0 Å². The first-order chi connectivity index (χ1) is 15.0. The van der Waals surface area contributed by atoms with Crippen molar-refractivity contribution in [3.05, 3.63) is 59.5 Å². The van der Waals surface area contributed by atoms with E-state index in [9.17, 15) is 9.59 Å². The van der Waals surface area contributed by atoms with Crippen LogP contribution in [0.5, 0.6) is 0 Å². The Morgan fingerprint density at radius 2 is 1.50 bits per heavy atom. The largest absolute Gasteiger partial charge is 0.462 e. The number of aryl methyl sites for hydroxylation is 2. The monoisotopic (exact) mass is 438 g/mol. The molecular formula is C26H34N2O4. The molecule has 32 heavy (non-hydrogen) atoms. The molecule has 3 rings (SSSR count). The van der Waals surface area contributed by atoms with Crippen LogP contribution in [0.4, 0.5) is 0 Å². The number of hydrogen-bond acceptors (Lipinski definition) is 4. The lowest BCUT2D eigenvalue weighted by molar-refractivity contribution is -0.119. The Kier molecular flexibility index (Phi) is 7.12. The summed E-state index contributed by atoms with van der Waals surface area (Å²) in [6, 6.07) is 7.44. The van der Waals surface area contributed by atoms with Gasteiger partial charge < -0.3 is 19.5 Å². The minimum absolute atomic E-state index is 0.0396. The van der Waals surface area contributed by atoms with Crippen LogP contribution in [0.15, 0.2) is 45.3 Å². The third-order valence-electron chi connectivity index (χ3n) is 5.80. The van der Waals surface area contributed by atoms with Crippen LogP contribution in [-0.4, -0.2) is 24.4 Å². The van der Waals surface area contributed by atoms with E-state index in [0.29, 0.717) is 18.1 Å². The number of amides is 2. The molecule has 0 aliphatic heterocycles. The molecule has 1 saturated carbocycles. The summed E-state index contributed by atoms with van der Waals surface area (Å²) < 4.78 is 10.9. The Labute approximate surface area is 190 Å². The number of rotatable bonds is 7. The summed E-state index contributed by atoms with van der Waals surface area (Å²) in [4.78, 5) is 24.8. The first-order valence-electron chi connectivity index (χ1n) is 11.1. The minimum atomic E-state index is -0.152. The van der Waals surface area contributed by atoms with Crippen molar-refractivity contribution in [3.8, 4) is 0 Å². The highest BCUT2D eigenvalue weighted by Crippen LogP contribution is 2.45. The van der Waals surface area contributed by atoms with Crippen LogP contribution < -0.4 is 10.6 Å². The van der Waals surface area contributed by atoms with Gasteiger partial charge in [0.1, 0.15) is 23.0 Å². The summed E-state index contributed by atoms with van der Waals surface area (Å²) in [5, 5.41) is 6.16. The van der Waals surface area contributed by atoms with Crippen LogP contribution in [-0.2, 0) is 9.59 Å². The number of hydrogen-bond donors (Lipinski definition) is 2. The summed E-state index contributed by atoms with van der Waals surface area (Å²) in [6.45, 7) is 10.9. The normalized spacial score (nSPS) is 23.0. The predicted octanol–water partition coefficient (Wildman–Crippen LogP) is 5.03. The number of carbonyl (C=O) groups excluding carboxylic acids is 2. The lowest BCUT2D eigenvalue weighted by Gasteiger charge is -2.46. The van der Waals surface area contributed by atoms with Crippen molar-refractivity contribution in [2.75, 3.05) is 6.54 Å². The van der Waals surface area contributed by atoms with E-state index in [1.54, 1.807) is 12.2 Å². The zero-order chi connectivity index (χ0) is 23.4. The fourth-order valence-electron chi connectivity index (χ4n) is 4.88. The zero-order valence-corrected chi connectivity index (χ0v) is 19.7. The summed E-state index contributed by atoms with van der Waals surface area (Å²) in [5.41, 5.74) is -0.0641. The first-order valence-corrected chi connectivity index (χ1v) is 11.1. The van der Waals surface area contributed by atoms with E-state index in [0.717, 1.165) is 30.8 Å². The average Bonchev–Trinajstić information content (AvgIpc) is 3.29. The van der Waals surface area contributed by atoms with E-state index < -0.39 is 0 Å². The number of nitrogens with one attached hydrogen (secondary N) is 2. The molecule has 2 N–H and O–H groups in total. The molecule has 0 spiro atoms. The molecule has 2 heterocycles. The Hall–Kier alpha value is -3.02. The van der Waals surface area contributed by atoms with Gasteiger partial charge in [-0.05, 0) is 80.4 Å². The first kappa shape index (κ1) is 23.6. The second-order valence-corrected chi connectivity index (χ2v) is 10.0. The maximum absolute atomic E-state index is 12.5. The molecule has 0 unspecified atom stereocenters. The van der Waals surface area contributed by atoms with Crippen molar-refractivity contribution in [2.45, 2.75) is 59.9 Å². The van der Waals surface area contributed by atoms with E-state index in [-0.39, 0.29) is 28.7 Å². The van der Waals surface area contributed by atoms with Crippen molar-refractivity contribution in [3.63, 3.8) is 0 Å². The standard InChI is InChI=1S/C26H34N2O4/c1-18-6-8-21(31-18)10-12-23(29)27-17-26(5)15-20(14-25(3,4)16-26)28-24(30)13-11-22-9-7-19(2)32-22/h6-13,20H,14-17H2,1-5H3,(H,27,29)(H,28,30)/b12-10+,13-11+/t20-,26-/m1/s1. The van der Waals surface area contributed by atoms with Gasteiger partial charge in [0.05, 0.1) is 0 Å². The number of carbonyl (C=O) groups is 2. The fraction of sp³-hybridized carbons (Fsp3) is 0.462. The molecule has 2 amide bonds. The van der Waals surface area contributed by atoms with Gasteiger partial charge in [-0.1, -0.05) is 20.8 Å². The SMILES string of the molecule is Cc1ccc(/C=C/C(=O)NC[C@]2(C)C[C@H](NC(=O)/C=C/c3ccc(C)o3)CC(C)(C)C2)o1. The Balaban J connectivity index is 1.56. The molecule has 2 atom stereocenters. The van der Waals surface area contributed by atoms with Crippen LogP contribution in [0.25, 0.3) is 12.2 Å². The smallest absolute Gasteiger partial charge is 0.244 e. The summed E-state index contributed by atoms with van der Waals surface area (Å²) >= 11 is 0. The van der Waals surface area contributed by atoms with Crippen molar-refractivity contribution >= 4 is 24.0 Å². The third-order valence-corrected chi connectivity index (χ3v) is 5.80. The summed E-state index contributed by atoms with van der Waals surface area (Å²) in [6.07, 6.45) is 9.03. The van der Waals surface area contributed by atoms with Gasteiger partial charge in [-0.15, -0.1) is 0 Å². The Bertz CT molecular complexity index is 1010. The molecule has 0 saturated heterocycles. The highest BCUT2D eigenvalue weighted by molar-refractivity contribution is 5.92. The molecule has 2 aromatic rings. The van der Waals surface area contributed by atoms with Gasteiger partial charge in [0, 0.05) is 24.7 Å². The van der Waals surface area contributed by atoms with E-state index in [1.165, 1.54) is 12.2 Å². The molecule has 0 radical (unpaired) electrons. The average molecular weight is 439 g/mol. The predicted molar refractivity (Wildman–Crippen MR) is 126 cm³/mol. The van der Waals surface area contributed by atoms with Crippen LogP contribution >= 0.6 is 0 Å². The molecule has 2 aromatic heterocycles. The second kappa shape index (κ2) is 9.63. The lowest BCUT2D eigenvalue weighted by atomic mass is 9.62. The molecular weight excluding hydrogens is 404 g/mol. The van der Waals surface area contributed by atoms with Crippen LogP contribution in [0.1, 0.15) is 63.1 Å². The molecule has 1 fully saturated rings. The molecule has 0 bridgehead atoms. The minimum Gasteiger partial charge on any atom is -0.462 e. The summed E-state index contributed by atoms with van der Waals surface area (Å²) in [7, 11) is 0. The second-order valence-electron chi connectivity index (χ2n) is 10.0. The zero-order valence-electron chi connectivity index (χ0n) is 19.7. The van der Waals surface area contributed by atoms with Crippen molar-refractivity contribution in [1.82, 2.24) is 10.6 Å². The highest BCUT2D eigenvalue weighted by Gasteiger charge is 2.41. The molecule has 172 valence electrons. The Morgan fingerprint density at radius 3 is 2.03 bits per heavy atom. The molecule has 1 aliphatic rings. The molecule has 6 heteroatoms. The quantitative estimate of drug-likeness (QED) is 0.594. The Morgan fingerprint density at radius 1 is 0.938 bits per heavy atom. The topological polar surface area (TPSA) is 84.5 Å². The maximum atomic E-state index is 12.5. The van der Waals surface area contributed by atoms with Crippen molar-refractivity contribution < 1.29 is 18.4 Å². The van der Waals surface area contributed by atoms with Crippen LogP contribution in [0.3, 0.4) is 0 Å². The maximum Gasteiger partial charge on any atom is 0.244 e. The van der Waals surface area contributed by atoms with Gasteiger partial charge in [-0.2, -0.15) is 0 Å². The van der Waals surface area contributed by atoms with E-state index in [1.807, 2.05) is 38.1 Å². The molecule has 1 aliphatic carbocycles. The highest BCUT2D eigenvalue weighted by atomic mass is 16.3. The van der Waals surface area contributed by atoms with E-state index in [4.69, 9.17) is 8.83 Å². The molecule has 0 aromatic carbocycles. The van der Waals surface area contributed by atoms with E-state index in [2.05, 4.69) is 31.4 Å². The molecule has 6 nitrogen and oxygen atoms in total. The van der Waals surface area contributed by atoms with Crippen molar-refractivity contribution in [1.29, 1.82) is 0 Å². The number of furan rings is 2. The van der Waals surface area contributed by atoms with Gasteiger partial charge in [-0.3, -0.25) is 9.59 Å². The fourth-order valence-corrected chi connectivity index (χ4v) is 4.88. The van der Waals surface area contributed by atoms with E-state index >= 15 is 0 Å². The lowest BCUT2D eigenvalue weighted by Crippen LogP contribution is -2.50. The third kappa shape index (κ3) is 7.01. The van der Waals surface area contributed by atoms with Crippen LogP contribution in [0, 0.1) is 24.7 Å². The van der Waals surface area contributed by atoms with Gasteiger partial charge in [0.2, 0.25) is 11.8 Å². The van der Waals surface area contributed by atoms with Gasteiger partial charge in [0.25, 0.3) is 0 Å². The van der Waals surface area contributed by atoms with Gasteiger partial charge >= 0.3 is 0 Å². The van der Waals surface area contributed by atoms with Gasteiger partial charge in [0.15, 0.2) is 0 Å².